The Balaban J connectivity index is 1.82. The minimum absolute atomic E-state index is 0.243. The van der Waals surface area contributed by atoms with Crippen molar-refractivity contribution in [1.82, 2.24) is 4.98 Å². The molecule has 4 aromatic rings. The van der Waals surface area contributed by atoms with Gasteiger partial charge in [0.1, 0.15) is 12.9 Å². The molecular formula is C20H17FN3+. The van der Waals surface area contributed by atoms with Gasteiger partial charge in [-0.15, -0.1) is 0 Å². The SMILES string of the molecule is C[n+]1c(/C=C/c2c[nH]c3c(F)cccc23)cc(N)c2ccccc21. The number of benzene rings is 2. The number of nitrogens with zero attached hydrogens (tertiary/aromatic N) is 1. The number of nitrogen functional groups attached to an aromatic ring is 1. The van der Waals surface area contributed by atoms with Crippen molar-refractivity contribution in [2.24, 2.45) is 7.05 Å². The number of para-hydroxylation sites is 2. The lowest BCUT2D eigenvalue weighted by atomic mass is 10.1. The first-order chi connectivity index (χ1) is 11.6. The molecule has 0 atom stereocenters. The third-order valence-corrected chi connectivity index (χ3v) is 4.40. The number of anilines is 1. The van der Waals surface area contributed by atoms with E-state index >= 15 is 0 Å². The lowest BCUT2D eigenvalue weighted by molar-refractivity contribution is -0.646. The quantitative estimate of drug-likeness (QED) is 0.538. The molecule has 0 unspecified atom stereocenters. The molecule has 0 spiro atoms. The van der Waals surface area contributed by atoms with E-state index in [-0.39, 0.29) is 5.82 Å². The van der Waals surface area contributed by atoms with Crippen LogP contribution in [0.5, 0.6) is 0 Å². The number of aromatic amines is 1. The van der Waals surface area contributed by atoms with Crippen LogP contribution in [0.1, 0.15) is 11.3 Å². The van der Waals surface area contributed by atoms with Gasteiger partial charge < -0.3 is 10.7 Å². The zero-order valence-corrected chi connectivity index (χ0v) is 13.3. The van der Waals surface area contributed by atoms with Gasteiger partial charge in [0.2, 0.25) is 11.2 Å². The molecule has 0 aliphatic carbocycles. The topological polar surface area (TPSA) is 45.7 Å². The van der Waals surface area contributed by atoms with E-state index in [2.05, 4.69) is 9.55 Å². The number of aryl methyl sites for hydroxylation is 1. The van der Waals surface area contributed by atoms with Gasteiger partial charge in [-0.1, -0.05) is 24.3 Å². The van der Waals surface area contributed by atoms with Gasteiger partial charge in [0, 0.05) is 35.4 Å². The summed E-state index contributed by atoms with van der Waals surface area (Å²) in [4.78, 5) is 2.99. The number of fused-ring (bicyclic) bond motifs is 2. The Hall–Kier alpha value is -3.14. The molecule has 0 fully saturated rings. The van der Waals surface area contributed by atoms with Crippen molar-refractivity contribution in [3.05, 3.63) is 71.8 Å². The van der Waals surface area contributed by atoms with Gasteiger partial charge in [0.05, 0.1) is 16.6 Å². The van der Waals surface area contributed by atoms with Gasteiger partial charge in [-0.05, 0) is 18.2 Å². The first-order valence-electron chi connectivity index (χ1n) is 7.76. The number of H-pyrrole nitrogens is 1. The van der Waals surface area contributed by atoms with E-state index in [1.54, 1.807) is 6.07 Å². The number of rotatable bonds is 2. The zero-order chi connectivity index (χ0) is 16.7. The van der Waals surface area contributed by atoms with Crippen molar-refractivity contribution >= 4 is 39.6 Å². The van der Waals surface area contributed by atoms with Crippen molar-refractivity contribution < 1.29 is 8.96 Å². The van der Waals surface area contributed by atoms with E-state index in [4.69, 9.17) is 5.73 Å². The molecule has 2 aromatic carbocycles. The number of nitrogens with one attached hydrogen (secondary N) is 1. The molecule has 0 bridgehead atoms. The van der Waals surface area contributed by atoms with Crippen LogP contribution < -0.4 is 10.3 Å². The van der Waals surface area contributed by atoms with E-state index < -0.39 is 0 Å². The summed E-state index contributed by atoms with van der Waals surface area (Å²) in [6.45, 7) is 0. The minimum atomic E-state index is -0.243. The smallest absolute Gasteiger partial charge is 0.214 e. The van der Waals surface area contributed by atoms with E-state index in [0.717, 1.165) is 33.2 Å². The maximum Gasteiger partial charge on any atom is 0.214 e. The first kappa shape index (κ1) is 14.5. The molecule has 4 heteroatoms. The predicted molar refractivity (Wildman–Crippen MR) is 96.7 cm³/mol. The molecule has 0 aliphatic heterocycles. The zero-order valence-electron chi connectivity index (χ0n) is 13.3. The van der Waals surface area contributed by atoms with Gasteiger partial charge in [-0.25, -0.2) is 4.39 Å². The van der Waals surface area contributed by atoms with E-state index in [0.29, 0.717) is 5.52 Å². The molecule has 0 radical (unpaired) electrons. The van der Waals surface area contributed by atoms with Crippen LogP contribution in [0.25, 0.3) is 34.0 Å². The Morgan fingerprint density at radius 3 is 2.71 bits per heavy atom. The maximum absolute atomic E-state index is 13.8. The number of aromatic nitrogens is 2. The second-order valence-electron chi connectivity index (χ2n) is 5.84. The largest absolute Gasteiger partial charge is 0.398 e. The second kappa shape index (κ2) is 5.49. The molecular weight excluding hydrogens is 301 g/mol. The second-order valence-corrected chi connectivity index (χ2v) is 5.84. The van der Waals surface area contributed by atoms with Crippen molar-refractivity contribution in [3.63, 3.8) is 0 Å². The fraction of sp³-hybridized carbons (Fsp3) is 0.0500. The summed E-state index contributed by atoms with van der Waals surface area (Å²) in [5.74, 6) is -0.243. The Bertz CT molecular complexity index is 1090. The molecule has 24 heavy (non-hydrogen) atoms. The monoisotopic (exact) mass is 318 g/mol. The van der Waals surface area contributed by atoms with Gasteiger partial charge in [-0.3, -0.25) is 0 Å². The summed E-state index contributed by atoms with van der Waals surface area (Å²) in [5, 5.41) is 1.90. The van der Waals surface area contributed by atoms with Gasteiger partial charge >= 0.3 is 0 Å². The average molecular weight is 318 g/mol. The Morgan fingerprint density at radius 1 is 1.04 bits per heavy atom. The van der Waals surface area contributed by atoms with Crippen LogP contribution in [0.2, 0.25) is 0 Å². The molecule has 0 saturated heterocycles. The number of hydrogen-bond donors (Lipinski definition) is 2. The molecule has 0 amide bonds. The van der Waals surface area contributed by atoms with Gasteiger partial charge in [0.25, 0.3) is 0 Å². The molecule has 2 aromatic heterocycles. The summed E-state index contributed by atoms with van der Waals surface area (Å²) in [6, 6.07) is 15.1. The molecule has 3 nitrogen and oxygen atoms in total. The van der Waals surface area contributed by atoms with Crippen LogP contribution in [-0.2, 0) is 7.05 Å². The van der Waals surface area contributed by atoms with Crippen molar-refractivity contribution in [3.8, 4) is 0 Å². The van der Waals surface area contributed by atoms with Gasteiger partial charge in [-0.2, -0.15) is 4.57 Å². The highest BCUT2D eigenvalue weighted by Crippen LogP contribution is 2.23. The average Bonchev–Trinajstić information content (AvgIpc) is 3.01. The number of halogens is 1. The number of nitrogens with two attached hydrogens (primary N) is 1. The molecule has 4 rings (SSSR count). The highest BCUT2D eigenvalue weighted by atomic mass is 19.1. The maximum atomic E-state index is 13.8. The standard InChI is InChI=1S/C20H16FN3/c1-24-14(11-18(22)16-5-2-3-8-19(16)24)10-9-13-12-23-20-15(13)6-4-7-17(20)21/h2-12H,1H3,(H2,22,23)/p+1. The Kier molecular flexibility index (Phi) is 3.31. The fourth-order valence-corrected chi connectivity index (χ4v) is 3.10. The Morgan fingerprint density at radius 2 is 1.83 bits per heavy atom. The summed E-state index contributed by atoms with van der Waals surface area (Å²) in [6.07, 6.45) is 5.78. The molecule has 0 saturated carbocycles. The first-order valence-corrected chi connectivity index (χ1v) is 7.76. The predicted octanol–water partition coefficient (Wildman–Crippen LogP) is 4.04. The van der Waals surface area contributed by atoms with Crippen LogP contribution in [0.3, 0.4) is 0 Å². The third-order valence-electron chi connectivity index (χ3n) is 4.40. The number of hydrogen-bond acceptors (Lipinski definition) is 1. The van der Waals surface area contributed by atoms with Crippen molar-refractivity contribution in [2.45, 2.75) is 0 Å². The molecule has 0 aliphatic rings. The van der Waals surface area contributed by atoms with Crippen molar-refractivity contribution in [1.29, 1.82) is 0 Å². The number of pyridine rings is 1. The minimum Gasteiger partial charge on any atom is -0.398 e. The third kappa shape index (κ3) is 2.24. The van der Waals surface area contributed by atoms with Gasteiger partial charge in [0.15, 0.2) is 0 Å². The lowest BCUT2D eigenvalue weighted by Crippen LogP contribution is -2.33. The highest BCUT2D eigenvalue weighted by Gasteiger charge is 2.12. The summed E-state index contributed by atoms with van der Waals surface area (Å²) in [7, 11) is 2.01. The normalized spacial score (nSPS) is 11.8. The molecule has 2 heterocycles. The van der Waals surface area contributed by atoms with E-state index in [1.807, 2.05) is 61.8 Å². The Labute approximate surface area is 138 Å². The van der Waals surface area contributed by atoms with E-state index in [1.165, 1.54) is 6.07 Å². The highest BCUT2D eigenvalue weighted by molar-refractivity contribution is 5.92. The molecule has 3 N–H and O–H groups in total. The fourth-order valence-electron chi connectivity index (χ4n) is 3.10. The van der Waals surface area contributed by atoms with Crippen LogP contribution in [0.4, 0.5) is 10.1 Å². The summed E-state index contributed by atoms with van der Waals surface area (Å²) in [5.41, 5.74) is 10.4. The van der Waals surface area contributed by atoms with E-state index in [9.17, 15) is 4.39 Å². The van der Waals surface area contributed by atoms with Crippen LogP contribution >= 0.6 is 0 Å². The van der Waals surface area contributed by atoms with Crippen molar-refractivity contribution in [2.75, 3.05) is 5.73 Å². The van der Waals surface area contributed by atoms with Crippen LogP contribution in [-0.4, -0.2) is 4.98 Å². The summed E-state index contributed by atoms with van der Waals surface area (Å²) >= 11 is 0. The van der Waals surface area contributed by atoms with Crippen LogP contribution in [0, 0.1) is 5.82 Å². The lowest BCUT2D eigenvalue weighted by Gasteiger charge is -2.03. The molecule has 118 valence electrons. The summed E-state index contributed by atoms with van der Waals surface area (Å²) < 4.78 is 15.9. The van der Waals surface area contributed by atoms with Crippen LogP contribution in [0.15, 0.2) is 54.7 Å².